The Kier molecular flexibility index (Phi) is 4.09. The number of rotatable bonds is 3. The number of halogens is 2. The lowest BCUT2D eigenvalue weighted by Crippen LogP contribution is -2.25. The van der Waals surface area contributed by atoms with E-state index in [1.807, 2.05) is 0 Å². The van der Waals surface area contributed by atoms with Crippen LogP contribution in [0.15, 0.2) is 41.3 Å². The van der Waals surface area contributed by atoms with Gasteiger partial charge in [-0.3, -0.25) is 9.52 Å². The highest BCUT2D eigenvalue weighted by Crippen LogP contribution is 2.32. The van der Waals surface area contributed by atoms with Crippen LogP contribution < -0.4 is 14.8 Å². The van der Waals surface area contributed by atoms with E-state index in [9.17, 15) is 13.2 Å². The molecule has 3 rings (SSSR count). The van der Waals surface area contributed by atoms with Gasteiger partial charge in [-0.2, -0.15) is 0 Å². The van der Waals surface area contributed by atoms with Crippen molar-refractivity contribution in [3.63, 3.8) is 0 Å². The molecule has 0 spiro atoms. The van der Waals surface area contributed by atoms with Crippen molar-refractivity contribution < 1.29 is 17.9 Å². The van der Waals surface area contributed by atoms with Crippen LogP contribution in [0.4, 0.5) is 11.4 Å². The number of hydrogen-bond acceptors (Lipinski definition) is 4. The minimum atomic E-state index is -3.84. The minimum Gasteiger partial charge on any atom is -0.482 e. The van der Waals surface area contributed by atoms with Crippen LogP contribution >= 0.6 is 23.2 Å². The highest BCUT2D eigenvalue weighted by molar-refractivity contribution is 7.92. The van der Waals surface area contributed by atoms with Crippen molar-refractivity contribution in [2.45, 2.75) is 4.90 Å². The molecule has 2 N–H and O–H groups in total. The van der Waals surface area contributed by atoms with Crippen LogP contribution in [0.3, 0.4) is 0 Å². The standard InChI is InChI=1S/C14H10Cl2N2O4S/c15-10-3-2-9(6-11(10)16)23(20,21)18-8-1-4-13-12(5-8)17-14(19)7-22-13/h1-6,18H,7H2,(H,17,19). The van der Waals surface area contributed by atoms with Crippen LogP contribution in [0.5, 0.6) is 5.75 Å². The zero-order valence-corrected chi connectivity index (χ0v) is 13.8. The number of anilines is 2. The third-order valence-electron chi connectivity index (χ3n) is 3.07. The van der Waals surface area contributed by atoms with Gasteiger partial charge in [0.25, 0.3) is 15.9 Å². The second-order valence-electron chi connectivity index (χ2n) is 4.73. The maximum atomic E-state index is 12.4. The van der Waals surface area contributed by atoms with Gasteiger partial charge in [-0.15, -0.1) is 0 Å². The fraction of sp³-hybridized carbons (Fsp3) is 0.0714. The second kappa shape index (κ2) is 5.92. The zero-order chi connectivity index (χ0) is 16.6. The van der Waals surface area contributed by atoms with Crippen molar-refractivity contribution in [1.82, 2.24) is 0 Å². The van der Waals surface area contributed by atoms with Crippen LogP contribution in [0.2, 0.25) is 10.0 Å². The number of sulfonamides is 1. The molecule has 0 saturated heterocycles. The molecule has 120 valence electrons. The summed E-state index contributed by atoms with van der Waals surface area (Å²) in [6.07, 6.45) is 0. The highest BCUT2D eigenvalue weighted by atomic mass is 35.5. The number of carbonyl (C=O) groups excluding carboxylic acids is 1. The Morgan fingerprint density at radius 3 is 2.61 bits per heavy atom. The molecule has 9 heteroatoms. The lowest BCUT2D eigenvalue weighted by molar-refractivity contribution is -0.118. The van der Waals surface area contributed by atoms with E-state index in [1.54, 1.807) is 6.07 Å². The topological polar surface area (TPSA) is 84.5 Å². The quantitative estimate of drug-likeness (QED) is 0.866. The maximum absolute atomic E-state index is 12.4. The van der Waals surface area contributed by atoms with Gasteiger partial charge in [-0.1, -0.05) is 23.2 Å². The van der Waals surface area contributed by atoms with Crippen LogP contribution in [-0.4, -0.2) is 20.9 Å². The number of fused-ring (bicyclic) bond motifs is 1. The van der Waals surface area contributed by atoms with Crippen LogP contribution in [0.25, 0.3) is 0 Å². The number of amides is 1. The molecule has 1 amide bonds. The van der Waals surface area contributed by atoms with E-state index in [0.29, 0.717) is 11.4 Å². The number of ether oxygens (including phenoxy) is 1. The van der Waals surface area contributed by atoms with Gasteiger partial charge in [0, 0.05) is 0 Å². The Morgan fingerprint density at radius 2 is 1.87 bits per heavy atom. The molecule has 0 bridgehead atoms. The molecule has 0 atom stereocenters. The van der Waals surface area contributed by atoms with Crippen LogP contribution in [-0.2, 0) is 14.8 Å². The Hall–Kier alpha value is -1.96. The lowest BCUT2D eigenvalue weighted by atomic mass is 10.2. The first-order chi connectivity index (χ1) is 10.8. The normalized spacial score (nSPS) is 13.7. The molecule has 0 fully saturated rings. The molecule has 0 unspecified atom stereocenters. The first-order valence-corrected chi connectivity index (χ1v) is 8.64. The summed E-state index contributed by atoms with van der Waals surface area (Å²) in [6, 6.07) is 8.59. The van der Waals surface area contributed by atoms with Gasteiger partial charge in [0.05, 0.1) is 26.3 Å². The van der Waals surface area contributed by atoms with Gasteiger partial charge in [-0.25, -0.2) is 8.42 Å². The van der Waals surface area contributed by atoms with E-state index >= 15 is 0 Å². The summed E-state index contributed by atoms with van der Waals surface area (Å²) in [4.78, 5) is 11.3. The number of nitrogens with one attached hydrogen (secondary N) is 2. The van der Waals surface area contributed by atoms with Crippen molar-refractivity contribution in [3.8, 4) is 5.75 Å². The summed E-state index contributed by atoms with van der Waals surface area (Å²) in [5.41, 5.74) is 0.677. The first-order valence-electron chi connectivity index (χ1n) is 6.40. The SMILES string of the molecule is O=C1COc2ccc(NS(=O)(=O)c3ccc(Cl)c(Cl)c3)cc2N1. The minimum absolute atomic E-state index is 0.0232. The molecule has 1 aliphatic rings. The Balaban J connectivity index is 1.90. The third kappa shape index (κ3) is 3.36. The third-order valence-corrected chi connectivity index (χ3v) is 5.18. The molecule has 2 aromatic carbocycles. The largest absolute Gasteiger partial charge is 0.482 e. The van der Waals surface area contributed by atoms with Crippen molar-refractivity contribution in [1.29, 1.82) is 0 Å². The molecule has 0 saturated carbocycles. The van der Waals surface area contributed by atoms with Crippen molar-refractivity contribution in [2.75, 3.05) is 16.6 Å². The summed E-state index contributed by atoms with van der Waals surface area (Å²) in [7, 11) is -3.84. The van der Waals surface area contributed by atoms with E-state index in [-0.39, 0.29) is 33.1 Å². The summed E-state index contributed by atoms with van der Waals surface area (Å²) < 4.78 is 32.4. The van der Waals surface area contributed by atoms with E-state index in [1.165, 1.54) is 30.3 Å². The number of carbonyl (C=O) groups is 1. The van der Waals surface area contributed by atoms with Crippen LogP contribution in [0, 0.1) is 0 Å². The van der Waals surface area contributed by atoms with Crippen molar-refractivity contribution in [2.24, 2.45) is 0 Å². The second-order valence-corrected chi connectivity index (χ2v) is 7.23. The smallest absolute Gasteiger partial charge is 0.262 e. The average Bonchev–Trinajstić information content (AvgIpc) is 2.49. The number of hydrogen-bond donors (Lipinski definition) is 2. The Morgan fingerprint density at radius 1 is 1.09 bits per heavy atom. The maximum Gasteiger partial charge on any atom is 0.262 e. The molecule has 0 aliphatic carbocycles. The summed E-state index contributed by atoms with van der Waals surface area (Å²) in [6.45, 7) is -0.0681. The summed E-state index contributed by atoms with van der Waals surface area (Å²) >= 11 is 11.6. The molecular formula is C14H10Cl2N2O4S. The van der Waals surface area contributed by atoms with E-state index in [2.05, 4.69) is 10.0 Å². The lowest BCUT2D eigenvalue weighted by Gasteiger charge is -2.19. The van der Waals surface area contributed by atoms with Gasteiger partial charge in [0.15, 0.2) is 6.61 Å². The van der Waals surface area contributed by atoms with Crippen molar-refractivity contribution in [3.05, 3.63) is 46.4 Å². The van der Waals surface area contributed by atoms with Gasteiger partial charge in [0.2, 0.25) is 0 Å². The molecule has 23 heavy (non-hydrogen) atoms. The first kappa shape index (κ1) is 15.9. The number of benzene rings is 2. The molecule has 6 nitrogen and oxygen atoms in total. The predicted molar refractivity (Wildman–Crippen MR) is 87.8 cm³/mol. The molecule has 2 aromatic rings. The molecule has 0 radical (unpaired) electrons. The monoisotopic (exact) mass is 372 g/mol. The fourth-order valence-electron chi connectivity index (χ4n) is 2.00. The summed E-state index contributed by atoms with van der Waals surface area (Å²) in [5, 5.41) is 3.01. The van der Waals surface area contributed by atoms with Crippen molar-refractivity contribution >= 4 is 50.5 Å². The van der Waals surface area contributed by atoms with E-state index < -0.39 is 10.0 Å². The van der Waals surface area contributed by atoms with Gasteiger partial charge in [0.1, 0.15) is 5.75 Å². The average molecular weight is 373 g/mol. The predicted octanol–water partition coefficient (Wildman–Crippen LogP) is 3.13. The Bertz CT molecular complexity index is 900. The molecular weight excluding hydrogens is 363 g/mol. The molecule has 1 aliphatic heterocycles. The van der Waals surface area contributed by atoms with Gasteiger partial charge >= 0.3 is 0 Å². The van der Waals surface area contributed by atoms with Crippen LogP contribution in [0.1, 0.15) is 0 Å². The Labute approximate surface area is 142 Å². The van der Waals surface area contributed by atoms with E-state index in [0.717, 1.165) is 0 Å². The molecule has 1 heterocycles. The van der Waals surface area contributed by atoms with E-state index in [4.69, 9.17) is 27.9 Å². The van der Waals surface area contributed by atoms with Gasteiger partial charge < -0.3 is 10.1 Å². The highest BCUT2D eigenvalue weighted by Gasteiger charge is 2.19. The molecule has 0 aromatic heterocycles. The van der Waals surface area contributed by atoms with Gasteiger partial charge in [-0.05, 0) is 36.4 Å². The summed E-state index contributed by atoms with van der Waals surface area (Å²) in [5.74, 6) is 0.170. The zero-order valence-electron chi connectivity index (χ0n) is 11.5. The fourth-order valence-corrected chi connectivity index (χ4v) is 3.44.